The Morgan fingerprint density at radius 3 is 2.29 bits per heavy atom. The fraction of sp³-hybridized carbons (Fsp3) is 0.600. The van der Waals surface area contributed by atoms with Crippen LogP contribution in [0.25, 0.3) is 0 Å². The van der Waals surface area contributed by atoms with Gasteiger partial charge in [0.05, 0.1) is 0 Å². The molecule has 7 nitrogen and oxygen atoms in total. The van der Waals surface area contributed by atoms with E-state index in [0.717, 1.165) is 0 Å². The van der Waals surface area contributed by atoms with Crippen LogP contribution < -0.4 is 10.6 Å². The van der Waals surface area contributed by atoms with Crippen molar-refractivity contribution in [2.45, 2.75) is 39.7 Å². The zero-order valence-electron chi connectivity index (χ0n) is 10.3. The van der Waals surface area contributed by atoms with Gasteiger partial charge in [0.15, 0.2) is 0 Å². The van der Waals surface area contributed by atoms with Gasteiger partial charge in [-0.3, -0.25) is 10.1 Å². The molecule has 0 aliphatic carbocycles. The number of hydrogen-bond acceptors (Lipinski definition) is 5. The molecule has 0 bridgehead atoms. The van der Waals surface area contributed by atoms with E-state index in [2.05, 4.69) is 20.8 Å². The summed E-state index contributed by atoms with van der Waals surface area (Å²) < 4.78 is 5.10. The molecule has 7 heteroatoms. The number of nitrogens with one attached hydrogen (secondary N) is 2. The minimum Gasteiger partial charge on any atom is -0.417 e. The number of carbonyl (C=O) groups is 2. The molecule has 0 unspecified atom stereocenters. The fourth-order valence-electron chi connectivity index (χ4n) is 1.01. The number of imide groups is 1. The van der Waals surface area contributed by atoms with E-state index in [-0.39, 0.29) is 17.9 Å². The van der Waals surface area contributed by atoms with Gasteiger partial charge in [0.1, 0.15) is 0 Å². The summed E-state index contributed by atoms with van der Waals surface area (Å²) in [4.78, 5) is 22.7. The molecule has 3 amide bonds. The van der Waals surface area contributed by atoms with Crippen molar-refractivity contribution >= 4 is 11.9 Å². The van der Waals surface area contributed by atoms with E-state index in [0.29, 0.717) is 5.89 Å². The van der Waals surface area contributed by atoms with Crippen molar-refractivity contribution in [3.05, 3.63) is 11.8 Å². The van der Waals surface area contributed by atoms with Crippen LogP contribution in [0.4, 0.5) is 4.79 Å². The second kappa shape index (κ2) is 5.42. The summed E-state index contributed by atoms with van der Waals surface area (Å²) in [6, 6.07) is -0.647. The summed E-state index contributed by atoms with van der Waals surface area (Å²) in [5.41, 5.74) is 0. The molecule has 0 aliphatic rings. The highest BCUT2D eigenvalue weighted by molar-refractivity contribution is 6.01. The lowest BCUT2D eigenvalue weighted by atomic mass is 10.2. The highest BCUT2D eigenvalue weighted by Crippen LogP contribution is 2.11. The third kappa shape index (κ3) is 3.86. The molecule has 0 fully saturated rings. The van der Waals surface area contributed by atoms with Gasteiger partial charge in [-0.2, -0.15) is 0 Å². The summed E-state index contributed by atoms with van der Waals surface area (Å²) >= 11 is 0. The molecule has 0 radical (unpaired) electrons. The molecule has 0 aromatic carbocycles. The van der Waals surface area contributed by atoms with Crippen molar-refractivity contribution < 1.29 is 14.0 Å². The average Bonchev–Trinajstić information content (AvgIpc) is 2.64. The maximum atomic E-state index is 11.5. The molecule has 1 heterocycles. The van der Waals surface area contributed by atoms with Gasteiger partial charge in [-0.25, -0.2) is 4.79 Å². The Labute approximate surface area is 99.0 Å². The number of amides is 3. The first-order valence-electron chi connectivity index (χ1n) is 5.35. The number of urea groups is 1. The van der Waals surface area contributed by atoms with Gasteiger partial charge >= 0.3 is 17.8 Å². The van der Waals surface area contributed by atoms with E-state index < -0.39 is 11.9 Å². The molecule has 94 valence electrons. The molecule has 1 aromatic rings. The summed E-state index contributed by atoms with van der Waals surface area (Å²) in [6.45, 7) is 7.29. The molecule has 1 rings (SSSR count). The Kier molecular flexibility index (Phi) is 4.19. The first-order chi connectivity index (χ1) is 7.90. The molecule has 17 heavy (non-hydrogen) atoms. The molecule has 0 atom stereocenters. The van der Waals surface area contributed by atoms with Crippen molar-refractivity contribution in [3.8, 4) is 0 Å². The van der Waals surface area contributed by atoms with E-state index in [4.69, 9.17) is 4.42 Å². The Morgan fingerprint density at radius 1 is 1.18 bits per heavy atom. The van der Waals surface area contributed by atoms with Crippen LogP contribution in [0.5, 0.6) is 0 Å². The van der Waals surface area contributed by atoms with Crippen LogP contribution in [0, 0.1) is 0 Å². The molecule has 0 spiro atoms. The third-order valence-corrected chi connectivity index (χ3v) is 1.78. The van der Waals surface area contributed by atoms with Gasteiger partial charge in [0.25, 0.3) is 0 Å². The summed E-state index contributed by atoms with van der Waals surface area (Å²) in [5, 5.41) is 11.9. The SMILES string of the molecule is CC(C)NC(=O)NC(=O)c1nnc(C(C)C)o1. The maximum Gasteiger partial charge on any atom is 0.322 e. The predicted octanol–water partition coefficient (Wildman–Crippen LogP) is 1.04. The third-order valence-electron chi connectivity index (χ3n) is 1.78. The summed E-state index contributed by atoms with van der Waals surface area (Å²) in [5.74, 6) is -0.525. The quantitative estimate of drug-likeness (QED) is 0.822. The lowest BCUT2D eigenvalue weighted by Gasteiger charge is -2.07. The van der Waals surface area contributed by atoms with Gasteiger partial charge in [-0.05, 0) is 13.8 Å². The van der Waals surface area contributed by atoms with E-state index in [1.165, 1.54) is 0 Å². The second-order valence-corrected chi connectivity index (χ2v) is 4.18. The van der Waals surface area contributed by atoms with Gasteiger partial charge in [0.2, 0.25) is 5.89 Å². The number of hydrogen-bond donors (Lipinski definition) is 2. The first kappa shape index (κ1) is 13.1. The Morgan fingerprint density at radius 2 is 1.82 bits per heavy atom. The molecular formula is C10H16N4O3. The smallest absolute Gasteiger partial charge is 0.322 e. The number of rotatable bonds is 3. The molecular weight excluding hydrogens is 224 g/mol. The predicted molar refractivity (Wildman–Crippen MR) is 59.5 cm³/mol. The molecule has 2 N–H and O–H groups in total. The van der Waals surface area contributed by atoms with Crippen molar-refractivity contribution in [2.24, 2.45) is 0 Å². The second-order valence-electron chi connectivity index (χ2n) is 4.18. The Bertz CT molecular complexity index is 411. The minimum absolute atomic E-state index is 0.0357. The van der Waals surface area contributed by atoms with Gasteiger partial charge < -0.3 is 9.73 Å². The number of aromatic nitrogens is 2. The van der Waals surface area contributed by atoms with E-state index in [1.54, 1.807) is 13.8 Å². The van der Waals surface area contributed by atoms with Crippen LogP contribution in [-0.2, 0) is 0 Å². The topological polar surface area (TPSA) is 97.1 Å². The van der Waals surface area contributed by atoms with Crippen LogP contribution in [-0.4, -0.2) is 28.2 Å². The first-order valence-corrected chi connectivity index (χ1v) is 5.35. The van der Waals surface area contributed by atoms with Crippen molar-refractivity contribution in [1.82, 2.24) is 20.8 Å². The molecule has 1 aromatic heterocycles. The fourth-order valence-corrected chi connectivity index (χ4v) is 1.01. The highest BCUT2D eigenvalue weighted by atomic mass is 16.4. The zero-order chi connectivity index (χ0) is 13.0. The van der Waals surface area contributed by atoms with Crippen LogP contribution in [0.3, 0.4) is 0 Å². The van der Waals surface area contributed by atoms with Crippen molar-refractivity contribution in [1.29, 1.82) is 0 Å². The zero-order valence-corrected chi connectivity index (χ0v) is 10.3. The van der Waals surface area contributed by atoms with Crippen LogP contribution in [0.2, 0.25) is 0 Å². The van der Waals surface area contributed by atoms with Crippen LogP contribution in [0.15, 0.2) is 4.42 Å². The maximum absolute atomic E-state index is 11.5. The van der Waals surface area contributed by atoms with E-state index >= 15 is 0 Å². The lowest BCUT2D eigenvalue weighted by molar-refractivity contribution is 0.0927. The molecule has 0 saturated carbocycles. The highest BCUT2D eigenvalue weighted by Gasteiger charge is 2.18. The molecule has 0 aliphatic heterocycles. The minimum atomic E-state index is -0.706. The average molecular weight is 240 g/mol. The normalized spacial score (nSPS) is 10.7. The lowest BCUT2D eigenvalue weighted by Crippen LogP contribution is -2.42. The van der Waals surface area contributed by atoms with Crippen LogP contribution >= 0.6 is 0 Å². The Balaban J connectivity index is 2.60. The standard InChI is InChI=1S/C10H16N4O3/c1-5(2)8-13-14-9(17-8)7(15)12-10(16)11-6(3)4/h5-6H,1-4H3,(H2,11,12,15,16). The number of carbonyl (C=O) groups excluding carboxylic acids is 2. The van der Waals surface area contributed by atoms with Gasteiger partial charge in [-0.1, -0.05) is 13.8 Å². The Hall–Kier alpha value is -1.92. The van der Waals surface area contributed by atoms with E-state index in [1.807, 2.05) is 13.8 Å². The summed E-state index contributed by atoms with van der Waals surface area (Å²) in [7, 11) is 0. The van der Waals surface area contributed by atoms with Crippen LogP contribution in [0.1, 0.15) is 50.2 Å². The van der Waals surface area contributed by atoms with Crippen molar-refractivity contribution in [3.63, 3.8) is 0 Å². The van der Waals surface area contributed by atoms with Gasteiger partial charge in [0, 0.05) is 12.0 Å². The number of nitrogens with zero attached hydrogens (tertiary/aromatic N) is 2. The van der Waals surface area contributed by atoms with Crippen molar-refractivity contribution in [2.75, 3.05) is 0 Å². The van der Waals surface area contributed by atoms with Gasteiger partial charge in [-0.15, -0.1) is 10.2 Å². The van der Waals surface area contributed by atoms with E-state index in [9.17, 15) is 9.59 Å². The summed E-state index contributed by atoms with van der Waals surface area (Å²) in [6.07, 6.45) is 0. The monoisotopic (exact) mass is 240 g/mol. The molecule has 0 saturated heterocycles. The largest absolute Gasteiger partial charge is 0.417 e.